The van der Waals surface area contributed by atoms with Gasteiger partial charge in [0.2, 0.25) is 0 Å². The number of rotatable bonds is 3. The molecule has 0 aliphatic carbocycles. The van der Waals surface area contributed by atoms with Crippen LogP contribution in [0.3, 0.4) is 0 Å². The number of anilines is 1. The van der Waals surface area contributed by atoms with Crippen LogP contribution in [-0.2, 0) is 0 Å². The molecule has 1 aliphatic rings. The van der Waals surface area contributed by atoms with Crippen LogP contribution in [-0.4, -0.2) is 6.54 Å². The Morgan fingerprint density at radius 1 is 1.29 bits per heavy atom. The van der Waals surface area contributed by atoms with E-state index in [4.69, 9.17) is 5.73 Å². The minimum atomic E-state index is -0.299. The van der Waals surface area contributed by atoms with Gasteiger partial charge in [-0.25, -0.2) is 4.39 Å². The molecule has 2 heterocycles. The maximum atomic E-state index is 14.9. The third-order valence-electron chi connectivity index (χ3n) is 5.30. The molecule has 1 aromatic heterocycles. The van der Waals surface area contributed by atoms with Crippen molar-refractivity contribution in [1.29, 1.82) is 5.26 Å². The molecule has 0 saturated heterocycles. The standard InChI is InChI=1S/C23H20FN3S/c1-12-8-16(11-26)20(15-4-5-17(13(2)10-25)19(24)9-15)21-18-6-7-28-23(18)14(3)27-22(12)21/h4-9,13,27H,3,10,25H2,1-2H3/t13-/m0/s1. The highest BCUT2D eigenvalue weighted by atomic mass is 32.1. The number of aryl methyl sites for hydroxylation is 1. The minimum Gasteiger partial charge on any atom is -0.354 e. The summed E-state index contributed by atoms with van der Waals surface area (Å²) < 4.78 is 14.9. The highest BCUT2D eigenvalue weighted by Gasteiger charge is 2.27. The molecule has 3 nitrogen and oxygen atoms in total. The summed E-state index contributed by atoms with van der Waals surface area (Å²) in [7, 11) is 0. The fraction of sp³-hybridized carbons (Fsp3) is 0.174. The summed E-state index contributed by atoms with van der Waals surface area (Å²) in [4.78, 5) is 1.04. The van der Waals surface area contributed by atoms with E-state index in [0.717, 1.165) is 38.5 Å². The van der Waals surface area contributed by atoms with Crippen molar-refractivity contribution in [3.63, 3.8) is 0 Å². The van der Waals surface area contributed by atoms with Gasteiger partial charge in [-0.15, -0.1) is 11.3 Å². The van der Waals surface area contributed by atoms with E-state index >= 15 is 0 Å². The molecule has 0 amide bonds. The molecule has 28 heavy (non-hydrogen) atoms. The normalized spacial score (nSPS) is 13.3. The molecular formula is C23H20FN3S. The Balaban J connectivity index is 2.02. The Labute approximate surface area is 167 Å². The Morgan fingerprint density at radius 3 is 2.75 bits per heavy atom. The molecule has 2 aromatic carbocycles. The van der Waals surface area contributed by atoms with Crippen molar-refractivity contribution in [2.45, 2.75) is 19.8 Å². The van der Waals surface area contributed by atoms with Gasteiger partial charge in [0.05, 0.1) is 22.2 Å². The predicted octanol–water partition coefficient (Wildman–Crippen LogP) is 5.86. The molecule has 3 N–H and O–H groups in total. The number of nitrogens with zero attached hydrogens (tertiary/aromatic N) is 1. The van der Waals surface area contributed by atoms with Gasteiger partial charge in [-0.2, -0.15) is 5.26 Å². The quantitative estimate of drug-likeness (QED) is 0.590. The van der Waals surface area contributed by atoms with Crippen LogP contribution >= 0.6 is 11.3 Å². The molecule has 4 rings (SSSR count). The maximum absolute atomic E-state index is 14.9. The van der Waals surface area contributed by atoms with E-state index in [2.05, 4.69) is 18.0 Å². The monoisotopic (exact) mass is 389 g/mol. The molecule has 0 bridgehead atoms. The summed E-state index contributed by atoms with van der Waals surface area (Å²) in [5.41, 5.74) is 12.9. The van der Waals surface area contributed by atoms with E-state index in [-0.39, 0.29) is 11.7 Å². The van der Waals surface area contributed by atoms with E-state index in [9.17, 15) is 9.65 Å². The first-order valence-corrected chi connectivity index (χ1v) is 9.96. The zero-order valence-electron chi connectivity index (χ0n) is 15.8. The van der Waals surface area contributed by atoms with E-state index in [1.165, 1.54) is 6.07 Å². The lowest BCUT2D eigenvalue weighted by atomic mass is 9.85. The van der Waals surface area contributed by atoms with Gasteiger partial charge >= 0.3 is 0 Å². The molecule has 0 radical (unpaired) electrons. The first-order valence-electron chi connectivity index (χ1n) is 9.08. The van der Waals surface area contributed by atoms with Crippen molar-refractivity contribution in [1.82, 2.24) is 0 Å². The third-order valence-corrected chi connectivity index (χ3v) is 6.28. The molecule has 5 heteroatoms. The zero-order chi connectivity index (χ0) is 20.0. The lowest BCUT2D eigenvalue weighted by Gasteiger charge is -2.26. The molecule has 0 fully saturated rings. The van der Waals surface area contributed by atoms with Crippen LogP contribution in [0.5, 0.6) is 0 Å². The molecule has 0 unspecified atom stereocenters. The largest absolute Gasteiger partial charge is 0.354 e. The number of hydrogen-bond donors (Lipinski definition) is 2. The first kappa shape index (κ1) is 18.4. The highest BCUT2D eigenvalue weighted by Crippen LogP contribution is 2.49. The number of hydrogen-bond acceptors (Lipinski definition) is 4. The molecule has 3 aromatic rings. The van der Waals surface area contributed by atoms with Crippen molar-refractivity contribution < 1.29 is 4.39 Å². The average Bonchev–Trinajstić information content (AvgIpc) is 3.18. The van der Waals surface area contributed by atoms with Gasteiger partial charge in [-0.05, 0) is 59.7 Å². The van der Waals surface area contributed by atoms with Crippen molar-refractivity contribution in [2.24, 2.45) is 5.73 Å². The molecule has 0 spiro atoms. The summed E-state index contributed by atoms with van der Waals surface area (Å²) in [6.45, 7) is 8.38. The van der Waals surface area contributed by atoms with Crippen molar-refractivity contribution in [3.8, 4) is 28.3 Å². The number of thiophene rings is 1. The van der Waals surface area contributed by atoms with E-state index in [0.29, 0.717) is 23.2 Å². The van der Waals surface area contributed by atoms with Crippen LogP contribution in [0.25, 0.3) is 28.0 Å². The SMILES string of the molecule is C=C1Nc2c(C)cc(C#N)c(-c3ccc([C@@H](C)CN)c(F)c3)c2-c2ccsc21. The van der Waals surface area contributed by atoms with Crippen LogP contribution in [0.15, 0.2) is 42.3 Å². The van der Waals surface area contributed by atoms with Crippen LogP contribution in [0.2, 0.25) is 0 Å². The number of nitrogens with one attached hydrogen (secondary N) is 1. The van der Waals surface area contributed by atoms with Gasteiger partial charge in [0.1, 0.15) is 5.82 Å². The van der Waals surface area contributed by atoms with Crippen LogP contribution in [0.1, 0.15) is 34.4 Å². The Kier molecular flexibility index (Phi) is 4.54. The lowest BCUT2D eigenvalue weighted by molar-refractivity contribution is 0.591. The van der Waals surface area contributed by atoms with Crippen molar-refractivity contribution in [3.05, 3.63) is 69.7 Å². The third kappa shape index (κ3) is 2.73. The van der Waals surface area contributed by atoms with Crippen LogP contribution in [0, 0.1) is 24.1 Å². The predicted molar refractivity (Wildman–Crippen MR) is 115 cm³/mol. The second kappa shape index (κ2) is 6.90. The van der Waals surface area contributed by atoms with E-state index in [1.807, 2.05) is 37.4 Å². The molecule has 1 atom stereocenters. The van der Waals surface area contributed by atoms with Crippen LogP contribution < -0.4 is 11.1 Å². The number of halogens is 1. The van der Waals surface area contributed by atoms with Gasteiger partial charge in [-0.3, -0.25) is 0 Å². The summed E-state index contributed by atoms with van der Waals surface area (Å²) in [5.74, 6) is -0.364. The van der Waals surface area contributed by atoms with Gasteiger partial charge in [-0.1, -0.05) is 25.6 Å². The fourth-order valence-corrected chi connectivity index (χ4v) is 4.62. The highest BCUT2D eigenvalue weighted by molar-refractivity contribution is 7.11. The molecular weight excluding hydrogens is 369 g/mol. The Bertz CT molecular complexity index is 1150. The number of benzene rings is 2. The molecule has 140 valence electrons. The number of fused-ring (bicyclic) bond motifs is 3. The maximum Gasteiger partial charge on any atom is 0.127 e. The van der Waals surface area contributed by atoms with Gasteiger partial charge < -0.3 is 11.1 Å². The topological polar surface area (TPSA) is 61.8 Å². The second-order valence-electron chi connectivity index (χ2n) is 7.12. The average molecular weight is 389 g/mol. The van der Waals surface area contributed by atoms with E-state index in [1.54, 1.807) is 17.4 Å². The lowest BCUT2D eigenvalue weighted by Crippen LogP contribution is -2.11. The summed E-state index contributed by atoms with van der Waals surface area (Å²) in [6, 6.07) is 11.4. The Hall–Kier alpha value is -2.94. The first-order chi connectivity index (χ1) is 13.5. The summed E-state index contributed by atoms with van der Waals surface area (Å²) in [5, 5.41) is 15.2. The van der Waals surface area contributed by atoms with Gasteiger partial charge in [0.25, 0.3) is 0 Å². The smallest absolute Gasteiger partial charge is 0.127 e. The van der Waals surface area contributed by atoms with Crippen molar-refractivity contribution in [2.75, 3.05) is 11.9 Å². The summed E-state index contributed by atoms with van der Waals surface area (Å²) in [6.07, 6.45) is 0. The number of nitrogens with two attached hydrogens (primary N) is 1. The molecule has 0 saturated carbocycles. The number of nitriles is 1. The second-order valence-corrected chi connectivity index (χ2v) is 8.03. The van der Waals surface area contributed by atoms with Crippen LogP contribution in [0.4, 0.5) is 10.1 Å². The Morgan fingerprint density at radius 2 is 2.07 bits per heavy atom. The minimum absolute atomic E-state index is 0.0649. The molecule has 1 aliphatic heterocycles. The van der Waals surface area contributed by atoms with Gasteiger partial charge in [0, 0.05) is 22.4 Å². The zero-order valence-corrected chi connectivity index (χ0v) is 16.6. The fourth-order valence-electron chi connectivity index (χ4n) is 3.79. The van der Waals surface area contributed by atoms with Crippen molar-refractivity contribution >= 4 is 22.7 Å². The van der Waals surface area contributed by atoms with Gasteiger partial charge in [0.15, 0.2) is 0 Å². The van der Waals surface area contributed by atoms with E-state index < -0.39 is 0 Å². The summed E-state index contributed by atoms with van der Waals surface area (Å²) >= 11 is 1.60.